The lowest BCUT2D eigenvalue weighted by Crippen LogP contribution is -2.64. The lowest BCUT2D eigenvalue weighted by Gasteiger charge is -2.40. The minimum absolute atomic E-state index is 0.172. The Bertz CT molecular complexity index is 1050. The fourth-order valence-electron chi connectivity index (χ4n) is 4.54. The smallest absolute Gasteiger partial charge is 0.325 e. The second-order valence-corrected chi connectivity index (χ2v) is 8.28. The van der Waals surface area contributed by atoms with Crippen LogP contribution in [-0.4, -0.2) is 64.9 Å². The third-order valence-electron chi connectivity index (χ3n) is 6.15. The number of urea groups is 1. The number of rotatable bonds is 3. The summed E-state index contributed by atoms with van der Waals surface area (Å²) in [7, 11) is 1.73. The number of fused-ring (bicyclic) bond motifs is 3. The highest BCUT2D eigenvalue weighted by Gasteiger charge is 2.54. The Balaban J connectivity index is 1.43. The highest BCUT2D eigenvalue weighted by molar-refractivity contribution is 6.07. The van der Waals surface area contributed by atoms with E-state index in [4.69, 9.17) is 4.99 Å². The van der Waals surface area contributed by atoms with Gasteiger partial charge in [-0.2, -0.15) is 0 Å². The summed E-state index contributed by atoms with van der Waals surface area (Å²) in [6.45, 7) is 5.82. The molecule has 0 aliphatic carbocycles. The molecule has 5 rings (SSSR count). The lowest BCUT2D eigenvalue weighted by molar-refractivity contribution is -0.137. The zero-order valence-corrected chi connectivity index (χ0v) is 17.4. The SMILES string of the molecule is Cc1ccc(N2CCN3C2=NC2C3C(=O)N(Cc3cccc(C)c3)C(=O)N2C)cc1. The van der Waals surface area contributed by atoms with Crippen LogP contribution in [0.15, 0.2) is 53.5 Å². The fraction of sp³-hybridized carbons (Fsp3) is 0.348. The molecule has 0 aromatic heterocycles. The summed E-state index contributed by atoms with van der Waals surface area (Å²) < 4.78 is 0. The number of amides is 3. The van der Waals surface area contributed by atoms with Gasteiger partial charge in [-0.25, -0.2) is 9.79 Å². The number of carbonyl (C=O) groups is 2. The standard InChI is InChI=1S/C23H25N5O2/c1-15-7-9-18(10-8-15)26-11-12-27-19-20(24-22(26)27)25(3)23(30)28(21(19)29)14-17-6-4-5-16(2)13-17/h4-10,13,19-20H,11-12,14H2,1-3H3. The number of hydrogen-bond acceptors (Lipinski definition) is 5. The summed E-state index contributed by atoms with van der Waals surface area (Å²) in [6, 6.07) is 15.4. The van der Waals surface area contributed by atoms with Gasteiger partial charge in [0.25, 0.3) is 5.91 Å². The van der Waals surface area contributed by atoms with E-state index in [9.17, 15) is 9.59 Å². The topological polar surface area (TPSA) is 59.5 Å². The number of likely N-dealkylation sites (N-methyl/N-ethyl adjacent to an activating group) is 1. The molecule has 3 aliphatic rings. The molecule has 3 amide bonds. The van der Waals surface area contributed by atoms with E-state index in [2.05, 4.69) is 41.0 Å². The van der Waals surface area contributed by atoms with Crippen LogP contribution in [0.5, 0.6) is 0 Å². The van der Waals surface area contributed by atoms with Crippen LogP contribution in [0.3, 0.4) is 0 Å². The van der Waals surface area contributed by atoms with Gasteiger partial charge >= 0.3 is 6.03 Å². The molecule has 2 atom stereocenters. The second-order valence-electron chi connectivity index (χ2n) is 8.28. The van der Waals surface area contributed by atoms with Gasteiger partial charge in [0, 0.05) is 25.8 Å². The highest BCUT2D eigenvalue weighted by atomic mass is 16.2. The van der Waals surface area contributed by atoms with E-state index in [0.717, 1.165) is 29.3 Å². The first-order chi connectivity index (χ1) is 14.4. The van der Waals surface area contributed by atoms with E-state index in [1.807, 2.05) is 31.2 Å². The van der Waals surface area contributed by atoms with Crippen LogP contribution in [-0.2, 0) is 11.3 Å². The van der Waals surface area contributed by atoms with Gasteiger partial charge in [-0.1, -0.05) is 47.5 Å². The van der Waals surface area contributed by atoms with E-state index in [1.54, 1.807) is 11.9 Å². The van der Waals surface area contributed by atoms with Gasteiger partial charge in [0.2, 0.25) is 5.96 Å². The summed E-state index contributed by atoms with van der Waals surface area (Å²) in [5.41, 5.74) is 4.31. The number of nitrogens with zero attached hydrogens (tertiary/aromatic N) is 5. The number of hydrogen-bond donors (Lipinski definition) is 0. The first kappa shape index (κ1) is 18.7. The van der Waals surface area contributed by atoms with Crippen LogP contribution in [0.25, 0.3) is 0 Å². The quantitative estimate of drug-likeness (QED) is 0.791. The zero-order valence-electron chi connectivity index (χ0n) is 17.4. The first-order valence-electron chi connectivity index (χ1n) is 10.3. The van der Waals surface area contributed by atoms with Gasteiger partial charge in [-0.15, -0.1) is 0 Å². The Kier molecular flexibility index (Phi) is 4.27. The molecule has 2 saturated heterocycles. The van der Waals surface area contributed by atoms with Crippen LogP contribution in [0.2, 0.25) is 0 Å². The van der Waals surface area contributed by atoms with Gasteiger partial charge in [-0.05, 0) is 31.5 Å². The van der Waals surface area contributed by atoms with Gasteiger partial charge in [0.05, 0.1) is 6.54 Å². The Morgan fingerprint density at radius 2 is 1.77 bits per heavy atom. The zero-order chi connectivity index (χ0) is 21.0. The van der Waals surface area contributed by atoms with Gasteiger partial charge in [0.15, 0.2) is 12.2 Å². The largest absolute Gasteiger partial charge is 0.328 e. The maximum atomic E-state index is 13.4. The van der Waals surface area contributed by atoms with Crippen LogP contribution in [0, 0.1) is 13.8 Å². The predicted octanol–water partition coefficient (Wildman–Crippen LogP) is 2.58. The summed E-state index contributed by atoms with van der Waals surface area (Å²) in [6.07, 6.45) is -0.484. The van der Waals surface area contributed by atoms with Crippen LogP contribution in [0.1, 0.15) is 16.7 Å². The molecule has 0 spiro atoms. The van der Waals surface area contributed by atoms with Crippen LogP contribution >= 0.6 is 0 Å². The van der Waals surface area contributed by atoms with E-state index in [-0.39, 0.29) is 18.5 Å². The van der Waals surface area contributed by atoms with Crippen molar-refractivity contribution >= 4 is 23.6 Å². The maximum Gasteiger partial charge on any atom is 0.328 e. The Morgan fingerprint density at radius 1 is 1.00 bits per heavy atom. The van der Waals surface area contributed by atoms with Crippen LogP contribution in [0.4, 0.5) is 10.5 Å². The highest BCUT2D eigenvalue weighted by Crippen LogP contribution is 2.33. The third-order valence-corrected chi connectivity index (χ3v) is 6.15. The molecule has 2 fully saturated rings. The molecule has 154 valence electrons. The van der Waals surface area contributed by atoms with Crippen molar-refractivity contribution < 1.29 is 9.59 Å². The average molecular weight is 403 g/mol. The first-order valence-corrected chi connectivity index (χ1v) is 10.3. The van der Waals surface area contributed by atoms with Crippen molar-refractivity contribution in [3.05, 3.63) is 65.2 Å². The predicted molar refractivity (Wildman–Crippen MR) is 115 cm³/mol. The van der Waals surface area contributed by atoms with Crippen LogP contribution < -0.4 is 4.90 Å². The molecule has 2 unspecified atom stereocenters. The molecular formula is C23H25N5O2. The van der Waals surface area contributed by atoms with E-state index in [0.29, 0.717) is 6.54 Å². The second kappa shape index (κ2) is 6.86. The van der Waals surface area contributed by atoms with Gasteiger partial charge < -0.3 is 14.7 Å². The fourth-order valence-corrected chi connectivity index (χ4v) is 4.54. The number of carbonyl (C=O) groups excluding carboxylic acids is 2. The molecule has 3 aliphatic heterocycles. The normalized spacial score (nSPS) is 23.1. The summed E-state index contributed by atoms with van der Waals surface area (Å²) in [4.78, 5) is 38.4. The Morgan fingerprint density at radius 3 is 2.50 bits per heavy atom. The molecule has 7 heteroatoms. The van der Waals surface area contributed by atoms with Crippen molar-refractivity contribution in [1.82, 2.24) is 14.7 Å². The van der Waals surface area contributed by atoms with Crippen molar-refractivity contribution in [2.24, 2.45) is 4.99 Å². The number of anilines is 1. The molecule has 0 radical (unpaired) electrons. The molecule has 2 aromatic carbocycles. The van der Waals surface area contributed by atoms with Crippen molar-refractivity contribution in [3.8, 4) is 0 Å². The maximum absolute atomic E-state index is 13.4. The molecule has 2 aromatic rings. The van der Waals surface area contributed by atoms with Gasteiger partial charge in [0.1, 0.15) is 0 Å². The Hall–Kier alpha value is -3.35. The Labute approximate surface area is 176 Å². The van der Waals surface area contributed by atoms with Crippen molar-refractivity contribution in [2.45, 2.75) is 32.6 Å². The van der Waals surface area contributed by atoms with E-state index >= 15 is 0 Å². The number of guanidine groups is 1. The molecule has 0 bridgehead atoms. The molecular weight excluding hydrogens is 378 g/mol. The van der Waals surface area contributed by atoms with Crippen molar-refractivity contribution in [1.29, 1.82) is 0 Å². The molecule has 0 saturated carbocycles. The number of aliphatic imine (C=N–C) groups is 1. The van der Waals surface area contributed by atoms with Crippen molar-refractivity contribution in [3.63, 3.8) is 0 Å². The van der Waals surface area contributed by atoms with E-state index in [1.165, 1.54) is 10.5 Å². The number of imide groups is 1. The monoisotopic (exact) mass is 403 g/mol. The summed E-state index contributed by atoms with van der Waals surface area (Å²) in [5, 5.41) is 0. The van der Waals surface area contributed by atoms with E-state index < -0.39 is 12.2 Å². The molecule has 30 heavy (non-hydrogen) atoms. The lowest BCUT2D eigenvalue weighted by atomic mass is 10.1. The number of aryl methyl sites for hydroxylation is 2. The third kappa shape index (κ3) is 2.84. The number of benzene rings is 2. The average Bonchev–Trinajstić information content (AvgIpc) is 3.30. The molecule has 7 nitrogen and oxygen atoms in total. The minimum atomic E-state index is -0.484. The minimum Gasteiger partial charge on any atom is -0.325 e. The molecule has 0 N–H and O–H groups in total. The van der Waals surface area contributed by atoms with Crippen molar-refractivity contribution in [2.75, 3.05) is 25.0 Å². The van der Waals surface area contributed by atoms with Gasteiger partial charge in [-0.3, -0.25) is 9.69 Å². The summed E-state index contributed by atoms with van der Waals surface area (Å²) in [5.74, 6) is 0.605. The molecule has 3 heterocycles. The summed E-state index contributed by atoms with van der Waals surface area (Å²) >= 11 is 0.